The monoisotopic (exact) mass is 517 g/mol. The minimum absolute atomic E-state index is 0.385. The van der Waals surface area contributed by atoms with Gasteiger partial charge in [-0.1, -0.05) is 160 Å². The van der Waals surface area contributed by atoms with Gasteiger partial charge in [-0.15, -0.1) is 7.55 Å². The highest BCUT2D eigenvalue weighted by Gasteiger charge is 2.38. The average molecular weight is 518 g/mol. The standard InChI is InChI=1S/C37H42P/c1-2-3-4-5-6-19-28-38-36(32-24-15-9-16-25-32)34(30-20-11-7-12-21-30)29-35(31-22-13-8-14-23-31)37(38)33-26-17-10-18-27-33/h7-18,20-27,34-36H,2-6,19,28-29H2,1H3. The summed E-state index contributed by atoms with van der Waals surface area (Å²) in [7, 11) is -0.385. The van der Waals surface area contributed by atoms with E-state index in [0.717, 1.165) is 6.42 Å². The maximum Gasteiger partial charge on any atom is 0.0260 e. The van der Waals surface area contributed by atoms with Gasteiger partial charge in [0.05, 0.1) is 0 Å². The predicted molar refractivity (Wildman–Crippen MR) is 168 cm³/mol. The minimum atomic E-state index is -0.385. The molecular weight excluding hydrogens is 475 g/mol. The van der Waals surface area contributed by atoms with Crippen LogP contribution in [0.2, 0.25) is 0 Å². The molecule has 0 saturated carbocycles. The zero-order chi connectivity index (χ0) is 26.0. The third-order valence-electron chi connectivity index (χ3n) is 8.24. The van der Waals surface area contributed by atoms with E-state index in [1.54, 1.807) is 5.29 Å². The zero-order valence-electron chi connectivity index (χ0n) is 22.9. The van der Waals surface area contributed by atoms with Crippen molar-refractivity contribution in [2.45, 2.75) is 69.4 Å². The normalized spacial score (nSPS) is 20.4. The van der Waals surface area contributed by atoms with Crippen molar-refractivity contribution in [2.75, 3.05) is 6.16 Å². The molecule has 0 saturated heterocycles. The van der Waals surface area contributed by atoms with Gasteiger partial charge in [0.2, 0.25) is 0 Å². The summed E-state index contributed by atoms with van der Waals surface area (Å²) < 4.78 is 0. The first-order chi connectivity index (χ1) is 18.9. The lowest BCUT2D eigenvalue weighted by molar-refractivity contribution is 0.575. The Morgan fingerprint density at radius 2 is 1.05 bits per heavy atom. The van der Waals surface area contributed by atoms with Gasteiger partial charge >= 0.3 is 0 Å². The van der Waals surface area contributed by atoms with E-state index < -0.39 is 0 Å². The van der Waals surface area contributed by atoms with Gasteiger partial charge in [-0.2, -0.15) is 0 Å². The fourth-order valence-electron chi connectivity index (χ4n) is 6.42. The quantitative estimate of drug-likeness (QED) is 0.137. The lowest BCUT2D eigenvalue weighted by Gasteiger charge is -2.42. The lowest BCUT2D eigenvalue weighted by Crippen LogP contribution is -2.26. The molecule has 0 nitrogen and oxygen atoms in total. The van der Waals surface area contributed by atoms with Crippen LogP contribution in [0, 0.1) is 0 Å². The first-order valence-corrected chi connectivity index (χ1v) is 16.3. The van der Waals surface area contributed by atoms with Crippen LogP contribution in [0.1, 0.15) is 91.6 Å². The van der Waals surface area contributed by atoms with Crippen LogP contribution < -0.4 is 0 Å². The molecule has 38 heavy (non-hydrogen) atoms. The van der Waals surface area contributed by atoms with Gasteiger partial charge in [-0.05, 0) is 52.5 Å². The number of hydrogen-bond acceptors (Lipinski definition) is 0. The Kier molecular flexibility index (Phi) is 9.63. The molecule has 0 amide bonds. The second-order valence-corrected chi connectivity index (χ2v) is 13.2. The summed E-state index contributed by atoms with van der Waals surface area (Å²) >= 11 is 0. The Morgan fingerprint density at radius 3 is 1.66 bits per heavy atom. The smallest absolute Gasteiger partial charge is 0.0260 e. The molecule has 4 aromatic rings. The molecule has 195 valence electrons. The first-order valence-electron chi connectivity index (χ1n) is 14.7. The van der Waals surface area contributed by atoms with Crippen LogP contribution in [-0.2, 0) is 0 Å². The summed E-state index contributed by atoms with van der Waals surface area (Å²) in [6, 6.07) is 45.7. The Labute approximate surface area is 231 Å². The Morgan fingerprint density at radius 1 is 0.553 bits per heavy atom. The molecular formula is C37H42P. The molecule has 4 aromatic carbocycles. The number of unbranched alkanes of at least 4 members (excludes halogenated alkanes) is 5. The molecule has 0 fully saturated rings. The summed E-state index contributed by atoms with van der Waals surface area (Å²) in [5.74, 6) is 0.970. The highest BCUT2D eigenvalue weighted by Crippen LogP contribution is 2.61. The van der Waals surface area contributed by atoms with Crippen molar-refractivity contribution in [3.05, 3.63) is 144 Å². The highest BCUT2D eigenvalue weighted by atomic mass is 31.1. The van der Waals surface area contributed by atoms with Crippen LogP contribution in [0.4, 0.5) is 0 Å². The van der Waals surface area contributed by atoms with Gasteiger partial charge in [0.25, 0.3) is 0 Å². The first kappa shape index (κ1) is 26.6. The van der Waals surface area contributed by atoms with Crippen LogP contribution >= 0.6 is 7.55 Å². The molecule has 1 aliphatic heterocycles. The Balaban J connectivity index is 1.66. The summed E-state index contributed by atoms with van der Waals surface area (Å²) in [6.45, 7) is 2.31. The molecule has 0 aromatic heterocycles. The van der Waals surface area contributed by atoms with Gasteiger partial charge in [0, 0.05) is 11.6 Å². The third-order valence-corrected chi connectivity index (χ3v) is 11.6. The van der Waals surface area contributed by atoms with Crippen LogP contribution in [-0.4, -0.2) is 11.5 Å². The Hall–Kier alpha value is -2.95. The van der Waals surface area contributed by atoms with Crippen molar-refractivity contribution in [3.63, 3.8) is 0 Å². The zero-order valence-corrected chi connectivity index (χ0v) is 23.8. The average Bonchev–Trinajstić information content (AvgIpc) is 3.00. The SMILES string of the molecule is CCCCCCCC[P]1=C(c2ccccc2)C(c2ccccc2)CC(c2ccccc2)C1c1ccccc1. The van der Waals surface area contributed by atoms with E-state index in [1.165, 1.54) is 66.9 Å². The minimum Gasteiger partial charge on any atom is -0.136 e. The van der Waals surface area contributed by atoms with Gasteiger partial charge in [-0.25, -0.2) is 0 Å². The van der Waals surface area contributed by atoms with Gasteiger partial charge < -0.3 is 0 Å². The number of hydrogen-bond donors (Lipinski definition) is 0. The maximum atomic E-state index is 2.41. The number of rotatable bonds is 11. The molecule has 0 aliphatic carbocycles. The third kappa shape index (κ3) is 6.36. The van der Waals surface area contributed by atoms with Crippen molar-refractivity contribution in [1.29, 1.82) is 0 Å². The fourth-order valence-corrected chi connectivity index (χ4v) is 10.2. The van der Waals surface area contributed by atoms with Crippen LogP contribution in [0.15, 0.2) is 121 Å². The lowest BCUT2D eigenvalue weighted by atomic mass is 9.78. The van der Waals surface area contributed by atoms with Crippen molar-refractivity contribution >= 4 is 12.8 Å². The van der Waals surface area contributed by atoms with Crippen molar-refractivity contribution in [2.24, 2.45) is 0 Å². The van der Waals surface area contributed by atoms with Gasteiger partial charge in [0.1, 0.15) is 0 Å². The van der Waals surface area contributed by atoms with E-state index in [-0.39, 0.29) is 7.55 Å². The topological polar surface area (TPSA) is 0 Å². The van der Waals surface area contributed by atoms with E-state index in [9.17, 15) is 0 Å². The molecule has 0 bridgehead atoms. The van der Waals surface area contributed by atoms with E-state index >= 15 is 0 Å². The molecule has 4 atom stereocenters. The fraction of sp³-hybridized carbons (Fsp3) is 0.324. The van der Waals surface area contributed by atoms with E-state index in [0.29, 0.717) is 17.5 Å². The molecule has 0 N–H and O–H groups in total. The molecule has 1 aliphatic rings. The largest absolute Gasteiger partial charge is 0.136 e. The van der Waals surface area contributed by atoms with Crippen LogP contribution in [0.25, 0.3) is 0 Å². The van der Waals surface area contributed by atoms with E-state index in [1.807, 2.05) is 0 Å². The van der Waals surface area contributed by atoms with Crippen LogP contribution in [0.5, 0.6) is 0 Å². The molecule has 0 spiro atoms. The predicted octanol–water partition coefficient (Wildman–Crippen LogP) is 10.8. The van der Waals surface area contributed by atoms with Crippen LogP contribution in [0.3, 0.4) is 0 Å². The maximum absolute atomic E-state index is 2.41. The second kappa shape index (κ2) is 13.7. The van der Waals surface area contributed by atoms with E-state index in [2.05, 4.69) is 128 Å². The molecule has 1 radical (unpaired) electrons. The molecule has 5 rings (SSSR count). The Bertz CT molecular complexity index is 1260. The second-order valence-electron chi connectivity index (χ2n) is 10.8. The summed E-state index contributed by atoms with van der Waals surface area (Å²) in [5.41, 5.74) is 6.52. The van der Waals surface area contributed by atoms with E-state index in [4.69, 9.17) is 0 Å². The molecule has 1 heterocycles. The van der Waals surface area contributed by atoms with Crippen molar-refractivity contribution in [1.82, 2.24) is 0 Å². The van der Waals surface area contributed by atoms with Crippen molar-refractivity contribution < 1.29 is 0 Å². The summed E-state index contributed by atoms with van der Waals surface area (Å²) in [6.07, 6.45) is 10.6. The highest BCUT2D eigenvalue weighted by molar-refractivity contribution is 7.60. The van der Waals surface area contributed by atoms with Crippen molar-refractivity contribution in [3.8, 4) is 0 Å². The summed E-state index contributed by atoms with van der Waals surface area (Å²) in [5, 5.41) is 1.72. The molecule has 1 heteroatoms. The number of benzene rings is 4. The molecule has 4 unspecified atom stereocenters. The summed E-state index contributed by atoms with van der Waals surface area (Å²) in [4.78, 5) is 0. The van der Waals surface area contributed by atoms with Gasteiger partial charge in [0.15, 0.2) is 0 Å². The van der Waals surface area contributed by atoms with Gasteiger partial charge in [-0.3, -0.25) is 0 Å².